The number of piperidine rings is 1. The Kier molecular flexibility index (Phi) is 5.38. The molecule has 0 aromatic carbocycles. The summed E-state index contributed by atoms with van der Waals surface area (Å²) in [6.45, 7) is 7.06. The number of nitrogens with zero attached hydrogens (tertiary/aromatic N) is 3. The van der Waals surface area contributed by atoms with Gasteiger partial charge in [0, 0.05) is 25.8 Å². The van der Waals surface area contributed by atoms with Gasteiger partial charge in [0.2, 0.25) is 0 Å². The molecule has 0 radical (unpaired) electrons. The second-order valence-electron chi connectivity index (χ2n) is 6.65. The minimum absolute atomic E-state index is 0.0568. The fourth-order valence-electron chi connectivity index (χ4n) is 3.51. The molecule has 1 unspecified atom stereocenters. The van der Waals surface area contributed by atoms with Crippen LogP contribution in [0.4, 0.5) is 10.5 Å². The molecule has 0 spiro atoms. The second-order valence-corrected chi connectivity index (χ2v) is 7.03. The predicted molar refractivity (Wildman–Crippen MR) is 93.0 cm³/mol. The summed E-state index contributed by atoms with van der Waals surface area (Å²) in [5.41, 5.74) is 1.37. The van der Waals surface area contributed by atoms with Crippen LogP contribution in [0, 0.1) is 12.8 Å². The molecule has 1 aromatic rings. The predicted octanol–water partition coefficient (Wildman–Crippen LogP) is 3.38. The molecule has 6 heteroatoms. The molecule has 2 fully saturated rings. The molecular weight excluding hydrogens is 312 g/mol. The zero-order valence-electron chi connectivity index (χ0n) is 13.7. The highest BCUT2D eigenvalue weighted by Crippen LogP contribution is 2.25. The largest absolute Gasteiger partial charge is 0.324 e. The topological polar surface area (TPSA) is 48.5 Å². The summed E-state index contributed by atoms with van der Waals surface area (Å²) in [5.74, 6) is 0.591. The maximum atomic E-state index is 12.4. The van der Waals surface area contributed by atoms with Gasteiger partial charge in [-0.1, -0.05) is 18.0 Å². The van der Waals surface area contributed by atoms with Crippen LogP contribution in [0.2, 0.25) is 5.02 Å². The number of pyridine rings is 1. The lowest BCUT2D eigenvalue weighted by Crippen LogP contribution is -2.37. The van der Waals surface area contributed by atoms with E-state index >= 15 is 0 Å². The number of anilines is 1. The molecular formula is C17H25ClN4O. The van der Waals surface area contributed by atoms with Crippen molar-refractivity contribution in [1.29, 1.82) is 0 Å². The number of nitrogens with one attached hydrogen (secondary N) is 1. The van der Waals surface area contributed by atoms with Crippen LogP contribution in [0.15, 0.2) is 12.3 Å². The third kappa shape index (κ3) is 4.15. The maximum absolute atomic E-state index is 12.4. The Labute approximate surface area is 143 Å². The molecule has 3 rings (SSSR count). The Bertz CT molecular complexity index is 560. The molecule has 2 aliphatic heterocycles. The first-order valence-corrected chi connectivity index (χ1v) is 8.90. The number of urea groups is 1. The molecule has 0 bridgehead atoms. The summed E-state index contributed by atoms with van der Waals surface area (Å²) >= 11 is 6.20. The zero-order valence-corrected chi connectivity index (χ0v) is 14.5. The van der Waals surface area contributed by atoms with E-state index in [1.54, 1.807) is 12.3 Å². The molecule has 23 heavy (non-hydrogen) atoms. The fourth-order valence-corrected chi connectivity index (χ4v) is 3.67. The second kappa shape index (κ2) is 7.49. The lowest BCUT2D eigenvalue weighted by atomic mass is 10.1. The number of carbonyl (C=O) groups excluding carboxylic acids is 1. The van der Waals surface area contributed by atoms with Crippen molar-refractivity contribution < 1.29 is 4.79 Å². The highest BCUT2D eigenvalue weighted by Gasteiger charge is 2.28. The number of hydrogen-bond donors (Lipinski definition) is 1. The summed E-state index contributed by atoms with van der Waals surface area (Å²) in [7, 11) is 0. The van der Waals surface area contributed by atoms with Crippen LogP contribution in [-0.4, -0.2) is 53.5 Å². The first-order valence-electron chi connectivity index (χ1n) is 8.53. The molecule has 0 aliphatic carbocycles. The van der Waals surface area contributed by atoms with Crippen LogP contribution >= 0.6 is 11.6 Å². The van der Waals surface area contributed by atoms with Gasteiger partial charge in [0.15, 0.2) is 0 Å². The van der Waals surface area contributed by atoms with Crippen LogP contribution in [0.25, 0.3) is 0 Å². The molecule has 0 saturated carbocycles. The van der Waals surface area contributed by atoms with E-state index < -0.39 is 0 Å². The molecule has 1 atom stereocenters. The number of aryl methyl sites for hydroxylation is 1. The van der Waals surface area contributed by atoms with Crippen molar-refractivity contribution in [2.45, 2.75) is 32.6 Å². The van der Waals surface area contributed by atoms with Crippen LogP contribution < -0.4 is 5.32 Å². The SMILES string of the molecule is Cc1nccc(NC(=O)N2CCC(CN3CCCCC3)C2)c1Cl. The van der Waals surface area contributed by atoms with Gasteiger partial charge in [0.1, 0.15) is 0 Å². The summed E-state index contributed by atoms with van der Waals surface area (Å²) in [6, 6.07) is 1.69. The number of aromatic nitrogens is 1. The first kappa shape index (κ1) is 16.5. The van der Waals surface area contributed by atoms with E-state index in [2.05, 4.69) is 15.2 Å². The van der Waals surface area contributed by atoms with Crippen LogP contribution in [0.3, 0.4) is 0 Å². The number of hydrogen-bond acceptors (Lipinski definition) is 3. The van der Waals surface area contributed by atoms with Gasteiger partial charge < -0.3 is 15.1 Å². The van der Waals surface area contributed by atoms with E-state index in [4.69, 9.17) is 11.6 Å². The van der Waals surface area contributed by atoms with Gasteiger partial charge in [-0.2, -0.15) is 0 Å². The normalized spacial score (nSPS) is 22.3. The van der Waals surface area contributed by atoms with Crippen molar-refractivity contribution in [2.75, 3.05) is 38.0 Å². The minimum Gasteiger partial charge on any atom is -0.324 e. The van der Waals surface area contributed by atoms with Crippen LogP contribution in [-0.2, 0) is 0 Å². The van der Waals surface area contributed by atoms with Crippen LogP contribution in [0.5, 0.6) is 0 Å². The Morgan fingerprint density at radius 1 is 1.35 bits per heavy atom. The van der Waals surface area contributed by atoms with Gasteiger partial charge in [0.05, 0.1) is 16.4 Å². The first-order chi connectivity index (χ1) is 11.1. The third-order valence-corrected chi connectivity index (χ3v) is 5.32. The van der Waals surface area contributed by atoms with Crippen molar-refractivity contribution >= 4 is 23.3 Å². The average Bonchev–Trinajstić information content (AvgIpc) is 3.01. The van der Waals surface area contributed by atoms with Gasteiger partial charge in [-0.15, -0.1) is 0 Å². The molecule has 3 heterocycles. The van der Waals surface area contributed by atoms with E-state index in [1.165, 1.54) is 32.4 Å². The molecule has 126 valence electrons. The Morgan fingerprint density at radius 2 is 2.13 bits per heavy atom. The van der Waals surface area contributed by atoms with Gasteiger partial charge in [-0.25, -0.2) is 4.79 Å². The smallest absolute Gasteiger partial charge is 0.321 e. The van der Waals surface area contributed by atoms with E-state index in [9.17, 15) is 4.79 Å². The number of amides is 2. The molecule has 2 aliphatic rings. The van der Waals surface area contributed by atoms with Crippen molar-refractivity contribution in [3.63, 3.8) is 0 Å². The van der Waals surface area contributed by atoms with E-state index in [0.717, 1.165) is 31.7 Å². The lowest BCUT2D eigenvalue weighted by Gasteiger charge is -2.29. The van der Waals surface area contributed by atoms with Crippen molar-refractivity contribution in [3.05, 3.63) is 23.0 Å². The Hall–Kier alpha value is -1.33. The zero-order chi connectivity index (χ0) is 16.2. The maximum Gasteiger partial charge on any atom is 0.321 e. The molecule has 2 saturated heterocycles. The van der Waals surface area contributed by atoms with E-state index in [0.29, 0.717) is 16.6 Å². The summed E-state index contributed by atoms with van der Waals surface area (Å²) in [5, 5.41) is 3.44. The highest BCUT2D eigenvalue weighted by atomic mass is 35.5. The van der Waals surface area contributed by atoms with E-state index in [-0.39, 0.29) is 6.03 Å². The number of halogens is 1. The highest BCUT2D eigenvalue weighted by molar-refractivity contribution is 6.34. The summed E-state index contributed by atoms with van der Waals surface area (Å²) < 4.78 is 0. The fraction of sp³-hybridized carbons (Fsp3) is 0.647. The third-order valence-electron chi connectivity index (χ3n) is 4.84. The molecule has 1 aromatic heterocycles. The monoisotopic (exact) mass is 336 g/mol. The lowest BCUT2D eigenvalue weighted by molar-refractivity contribution is 0.192. The number of carbonyl (C=O) groups is 1. The molecule has 1 N–H and O–H groups in total. The number of likely N-dealkylation sites (tertiary alicyclic amines) is 2. The summed E-state index contributed by atoms with van der Waals surface area (Å²) in [4.78, 5) is 21.0. The van der Waals surface area contributed by atoms with Gasteiger partial charge in [-0.05, 0) is 51.3 Å². The van der Waals surface area contributed by atoms with Gasteiger partial charge >= 0.3 is 6.03 Å². The quantitative estimate of drug-likeness (QED) is 0.920. The van der Waals surface area contributed by atoms with Crippen molar-refractivity contribution in [2.24, 2.45) is 5.92 Å². The van der Waals surface area contributed by atoms with E-state index in [1.807, 2.05) is 11.8 Å². The van der Waals surface area contributed by atoms with Gasteiger partial charge in [0.25, 0.3) is 0 Å². The van der Waals surface area contributed by atoms with Gasteiger partial charge in [-0.3, -0.25) is 4.98 Å². The Balaban J connectivity index is 1.52. The van der Waals surface area contributed by atoms with Crippen molar-refractivity contribution in [3.8, 4) is 0 Å². The number of rotatable bonds is 3. The molecule has 5 nitrogen and oxygen atoms in total. The average molecular weight is 337 g/mol. The summed E-state index contributed by atoms with van der Waals surface area (Å²) in [6.07, 6.45) is 6.75. The molecule has 2 amide bonds. The van der Waals surface area contributed by atoms with Crippen molar-refractivity contribution in [1.82, 2.24) is 14.8 Å². The standard InChI is InChI=1S/C17H25ClN4O/c1-13-16(18)15(5-7-19-13)20-17(23)22-10-6-14(12-22)11-21-8-3-2-4-9-21/h5,7,14H,2-4,6,8-12H2,1H3,(H,19,20,23). The minimum atomic E-state index is -0.0568. The Morgan fingerprint density at radius 3 is 2.91 bits per heavy atom. The van der Waals surface area contributed by atoms with Crippen LogP contribution in [0.1, 0.15) is 31.4 Å².